The summed E-state index contributed by atoms with van der Waals surface area (Å²) in [4.78, 5) is 0. The Kier molecular flexibility index (Phi) is 2.57. The third-order valence-corrected chi connectivity index (χ3v) is 3.51. The highest BCUT2D eigenvalue weighted by atomic mass is 16.5. The Morgan fingerprint density at radius 2 is 1.72 bits per heavy atom. The first-order valence-corrected chi connectivity index (χ1v) is 6.10. The zero-order chi connectivity index (χ0) is 12.5. The molecule has 0 saturated heterocycles. The molecule has 0 N–H and O–H groups in total. The largest absolute Gasteiger partial charge is 0.493 e. The predicted octanol–water partition coefficient (Wildman–Crippen LogP) is 1.88. The van der Waals surface area contributed by atoms with E-state index in [9.17, 15) is 5.26 Å². The molecule has 18 heavy (non-hydrogen) atoms. The van der Waals surface area contributed by atoms with Crippen molar-refractivity contribution in [3.05, 3.63) is 22.3 Å². The molecule has 0 unspecified atom stereocenters. The van der Waals surface area contributed by atoms with Crippen molar-refractivity contribution in [1.82, 2.24) is 0 Å². The van der Waals surface area contributed by atoms with E-state index in [0.717, 1.165) is 41.0 Å². The second-order valence-corrected chi connectivity index (χ2v) is 4.44. The maximum atomic E-state index is 9.29. The highest BCUT2D eigenvalue weighted by molar-refractivity contribution is 5.65. The van der Waals surface area contributed by atoms with Crippen LogP contribution >= 0.6 is 0 Å². The summed E-state index contributed by atoms with van der Waals surface area (Å²) in [5.74, 6) is 1.57. The highest BCUT2D eigenvalue weighted by Crippen LogP contribution is 2.44. The number of benzene rings is 1. The van der Waals surface area contributed by atoms with Crippen LogP contribution in [0.2, 0.25) is 0 Å². The molecule has 0 saturated carbocycles. The van der Waals surface area contributed by atoms with Crippen LogP contribution in [0.15, 0.2) is 0 Å². The van der Waals surface area contributed by atoms with Gasteiger partial charge in [-0.15, -0.1) is 0 Å². The van der Waals surface area contributed by atoms with Gasteiger partial charge in [0.05, 0.1) is 19.3 Å². The third kappa shape index (κ3) is 1.43. The second-order valence-electron chi connectivity index (χ2n) is 4.44. The predicted molar refractivity (Wildman–Crippen MR) is 63.5 cm³/mol. The molecule has 0 atom stereocenters. The third-order valence-electron chi connectivity index (χ3n) is 3.51. The van der Waals surface area contributed by atoms with E-state index in [-0.39, 0.29) is 0 Å². The van der Waals surface area contributed by atoms with Gasteiger partial charge in [-0.3, -0.25) is 0 Å². The van der Waals surface area contributed by atoms with Crippen molar-refractivity contribution in [2.75, 3.05) is 13.2 Å². The lowest BCUT2D eigenvalue weighted by atomic mass is 9.92. The Bertz CT molecular complexity index is 558. The van der Waals surface area contributed by atoms with Crippen molar-refractivity contribution in [3.8, 4) is 23.6 Å². The van der Waals surface area contributed by atoms with Crippen LogP contribution in [0, 0.1) is 22.7 Å². The highest BCUT2D eigenvalue weighted by Gasteiger charge is 2.30. The number of nitriles is 2. The summed E-state index contributed by atoms with van der Waals surface area (Å²) in [7, 11) is 0. The van der Waals surface area contributed by atoms with E-state index in [2.05, 4.69) is 12.1 Å². The first-order valence-electron chi connectivity index (χ1n) is 6.10. The molecule has 4 nitrogen and oxygen atoms in total. The zero-order valence-electron chi connectivity index (χ0n) is 9.95. The van der Waals surface area contributed by atoms with Gasteiger partial charge in [0.25, 0.3) is 0 Å². The fourth-order valence-corrected chi connectivity index (χ4v) is 2.77. The van der Waals surface area contributed by atoms with Crippen LogP contribution in [-0.4, -0.2) is 13.2 Å². The van der Waals surface area contributed by atoms with Gasteiger partial charge in [0.1, 0.15) is 23.1 Å². The Balaban J connectivity index is 2.21. The lowest BCUT2D eigenvalue weighted by molar-refractivity contribution is 0.353. The number of ether oxygens (including phenoxy) is 2. The Hall–Kier alpha value is -2.20. The molecule has 4 heteroatoms. The van der Waals surface area contributed by atoms with Gasteiger partial charge in [0.2, 0.25) is 0 Å². The normalized spacial score (nSPS) is 15.0. The van der Waals surface area contributed by atoms with E-state index in [1.54, 1.807) is 0 Å². The van der Waals surface area contributed by atoms with Gasteiger partial charge < -0.3 is 9.47 Å². The van der Waals surface area contributed by atoms with E-state index in [0.29, 0.717) is 31.6 Å². The first kappa shape index (κ1) is 10.9. The summed E-state index contributed by atoms with van der Waals surface area (Å²) in [6.07, 6.45) is 2.71. The minimum atomic E-state index is 0.466. The van der Waals surface area contributed by atoms with Crippen molar-refractivity contribution in [2.24, 2.45) is 0 Å². The molecule has 0 radical (unpaired) electrons. The summed E-state index contributed by atoms with van der Waals surface area (Å²) >= 11 is 0. The Morgan fingerprint density at radius 1 is 1.00 bits per heavy atom. The first-order chi connectivity index (χ1) is 8.86. The molecule has 0 bridgehead atoms. The van der Waals surface area contributed by atoms with Crippen molar-refractivity contribution >= 4 is 0 Å². The molecule has 0 amide bonds. The molecule has 2 aliphatic heterocycles. The van der Waals surface area contributed by atoms with Crippen LogP contribution in [0.4, 0.5) is 0 Å². The van der Waals surface area contributed by atoms with E-state index in [1.807, 2.05) is 0 Å². The average Bonchev–Trinajstić information content (AvgIpc) is 3.02. The fourth-order valence-electron chi connectivity index (χ4n) is 2.77. The van der Waals surface area contributed by atoms with Crippen LogP contribution in [0.5, 0.6) is 11.5 Å². The molecule has 0 fully saturated rings. The second kappa shape index (κ2) is 4.23. The SMILES string of the molecule is N#CCCc1c2c(c(C#N)c3c1OCC3)OCC2. The topological polar surface area (TPSA) is 66.0 Å². The average molecular weight is 240 g/mol. The standard InChI is InChI=1S/C14H12N2O2/c15-5-1-2-9-10-3-6-18-14(10)12(8-16)11-4-7-17-13(9)11/h1-4,6-7H2. The Labute approximate surface area is 105 Å². The molecule has 2 aliphatic rings. The lowest BCUT2D eigenvalue weighted by Crippen LogP contribution is -1.99. The number of nitrogens with zero attached hydrogens (tertiary/aromatic N) is 2. The van der Waals surface area contributed by atoms with Crippen LogP contribution in [-0.2, 0) is 19.3 Å². The lowest BCUT2D eigenvalue weighted by Gasteiger charge is -2.13. The molecular weight excluding hydrogens is 228 g/mol. The molecule has 0 aliphatic carbocycles. The van der Waals surface area contributed by atoms with E-state index in [4.69, 9.17) is 14.7 Å². The summed E-state index contributed by atoms with van der Waals surface area (Å²) in [5, 5.41) is 18.0. The van der Waals surface area contributed by atoms with Crippen LogP contribution in [0.1, 0.15) is 28.7 Å². The number of rotatable bonds is 2. The van der Waals surface area contributed by atoms with Gasteiger partial charge in [0.15, 0.2) is 0 Å². The van der Waals surface area contributed by atoms with Gasteiger partial charge in [-0.25, -0.2) is 0 Å². The number of hydrogen-bond donors (Lipinski definition) is 0. The van der Waals surface area contributed by atoms with Crippen LogP contribution < -0.4 is 9.47 Å². The molecule has 1 aromatic rings. The number of fused-ring (bicyclic) bond motifs is 2. The molecule has 2 heterocycles. The fraction of sp³-hybridized carbons (Fsp3) is 0.429. The summed E-state index contributed by atoms with van der Waals surface area (Å²) < 4.78 is 11.3. The van der Waals surface area contributed by atoms with Crippen LogP contribution in [0.3, 0.4) is 0 Å². The van der Waals surface area contributed by atoms with Crippen LogP contribution in [0.25, 0.3) is 0 Å². The van der Waals surface area contributed by atoms with Gasteiger partial charge in [-0.05, 0) is 6.42 Å². The van der Waals surface area contributed by atoms with Crippen molar-refractivity contribution in [3.63, 3.8) is 0 Å². The van der Waals surface area contributed by atoms with E-state index >= 15 is 0 Å². The molecular formula is C14H12N2O2. The van der Waals surface area contributed by atoms with Crippen molar-refractivity contribution in [2.45, 2.75) is 25.7 Å². The van der Waals surface area contributed by atoms with Crippen molar-refractivity contribution in [1.29, 1.82) is 10.5 Å². The summed E-state index contributed by atoms with van der Waals surface area (Å²) in [6, 6.07) is 4.41. The summed E-state index contributed by atoms with van der Waals surface area (Å²) in [6.45, 7) is 1.24. The maximum absolute atomic E-state index is 9.29. The van der Waals surface area contributed by atoms with E-state index in [1.165, 1.54) is 0 Å². The molecule has 0 spiro atoms. The van der Waals surface area contributed by atoms with Gasteiger partial charge in [-0.2, -0.15) is 10.5 Å². The summed E-state index contributed by atoms with van der Waals surface area (Å²) in [5.41, 5.74) is 3.75. The minimum Gasteiger partial charge on any atom is -0.493 e. The molecule has 1 aromatic carbocycles. The quantitative estimate of drug-likeness (QED) is 0.791. The van der Waals surface area contributed by atoms with Gasteiger partial charge >= 0.3 is 0 Å². The number of hydrogen-bond acceptors (Lipinski definition) is 4. The molecule has 0 aromatic heterocycles. The zero-order valence-corrected chi connectivity index (χ0v) is 9.95. The Morgan fingerprint density at radius 3 is 2.44 bits per heavy atom. The minimum absolute atomic E-state index is 0.466. The molecule has 90 valence electrons. The smallest absolute Gasteiger partial charge is 0.141 e. The van der Waals surface area contributed by atoms with Gasteiger partial charge in [0, 0.05) is 36.0 Å². The van der Waals surface area contributed by atoms with Gasteiger partial charge in [-0.1, -0.05) is 0 Å². The monoisotopic (exact) mass is 240 g/mol. The molecule has 3 rings (SSSR count). The van der Waals surface area contributed by atoms with Crippen molar-refractivity contribution < 1.29 is 9.47 Å². The maximum Gasteiger partial charge on any atom is 0.141 e. The van der Waals surface area contributed by atoms with E-state index < -0.39 is 0 Å².